The number of hydrogen-bond acceptors (Lipinski definition) is 5. The van der Waals surface area contributed by atoms with Crippen LogP contribution in [0.4, 0.5) is 10.5 Å². The van der Waals surface area contributed by atoms with Gasteiger partial charge in [-0.3, -0.25) is 14.5 Å². The number of rotatable bonds is 2. The molecule has 2 aliphatic heterocycles. The second-order valence-electron chi connectivity index (χ2n) is 6.60. The van der Waals surface area contributed by atoms with Gasteiger partial charge in [-0.1, -0.05) is 23.7 Å². The Morgan fingerprint density at radius 2 is 1.93 bits per heavy atom. The molecule has 0 N–H and O–H groups in total. The summed E-state index contributed by atoms with van der Waals surface area (Å²) >= 11 is 7.49. The maximum atomic E-state index is 13.4. The molecule has 0 aliphatic carbocycles. The summed E-state index contributed by atoms with van der Waals surface area (Å²) in [5.74, 6) is -1.31. The largest absolute Gasteiger partial charge is 0.328 e. The second kappa shape index (κ2) is 5.76. The van der Waals surface area contributed by atoms with Crippen LogP contribution in [0, 0.1) is 0 Å². The molecule has 3 heterocycles. The molecule has 139 valence electrons. The number of amides is 4. The van der Waals surface area contributed by atoms with Gasteiger partial charge in [0.2, 0.25) is 5.54 Å². The number of benzene rings is 2. The number of likely N-dealkylation sites (N-methyl/N-ethyl adjacent to an activating group) is 1. The maximum Gasteiger partial charge on any atom is 0.328 e. The second-order valence-corrected chi connectivity index (χ2v) is 8.15. The lowest BCUT2D eigenvalue weighted by Crippen LogP contribution is -2.50. The average molecular weight is 412 g/mol. The fourth-order valence-corrected chi connectivity index (χ4v) is 4.87. The minimum Gasteiger partial charge on any atom is -0.301 e. The molecule has 4 amide bonds. The number of thiazole rings is 1. The molecule has 3 aromatic rings. The third kappa shape index (κ3) is 2.10. The Bertz CT molecular complexity index is 1160. The molecule has 28 heavy (non-hydrogen) atoms. The molecule has 1 atom stereocenters. The highest BCUT2D eigenvalue weighted by Crippen LogP contribution is 2.46. The van der Waals surface area contributed by atoms with E-state index in [0.29, 0.717) is 21.3 Å². The number of carbonyl (C=O) groups excluding carboxylic acids is 3. The Morgan fingerprint density at radius 3 is 2.71 bits per heavy atom. The Balaban J connectivity index is 1.58. The van der Waals surface area contributed by atoms with E-state index < -0.39 is 23.4 Å². The van der Waals surface area contributed by atoms with Crippen LogP contribution in [0.25, 0.3) is 10.2 Å². The van der Waals surface area contributed by atoms with Crippen LogP contribution >= 0.6 is 22.9 Å². The van der Waals surface area contributed by atoms with Gasteiger partial charge in [0, 0.05) is 17.6 Å². The van der Waals surface area contributed by atoms with Crippen molar-refractivity contribution < 1.29 is 14.4 Å². The highest BCUT2D eigenvalue weighted by molar-refractivity contribution is 7.18. The van der Waals surface area contributed by atoms with Gasteiger partial charge in [-0.2, -0.15) is 0 Å². The van der Waals surface area contributed by atoms with Gasteiger partial charge >= 0.3 is 6.03 Å². The van der Waals surface area contributed by atoms with E-state index in [1.54, 1.807) is 12.1 Å². The lowest BCUT2D eigenvalue weighted by molar-refractivity contribution is -0.142. The highest BCUT2D eigenvalue weighted by Gasteiger charge is 2.66. The van der Waals surface area contributed by atoms with Crippen molar-refractivity contribution in [3.05, 3.63) is 58.1 Å². The minimum absolute atomic E-state index is 0.00766. The third-order valence-corrected chi connectivity index (χ3v) is 6.34. The van der Waals surface area contributed by atoms with Gasteiger partial charge in [-0.25, -0.2) is 15.1 Å². The van der Waals surface area contributed by atoms with Crippen molar-refractivity contribution in [2.45, 2.75) is 12.1 Å². The van der Waals surface area contributed by atoms with Crippen molar-refractivity contribution in [1.82, 2.24) is 20.1 Å². The molecule has 2 aromatic carbocycles. The highest BCUT2D eigenvalue weighted by atomic mass is 35.5. The van der Waals surface area contributed by atoms with E-state index in [-0.39, 0.29) is 6.54 Å². The van der Waals surface area contributed by atoms with E-state index in [1.165, 1.54) is 24.5 Å². The number of hydrogen-bond donors (Lipinski definition) is 0. The molecule has 1 aromatic heterocycles. The first-order valence-electron chi connectivity index (χ1n) is 8.43. The number of carbonyl (C=O) groups is 3. The molecule has 0 bridgehead atoms. The zero-order chi connectivity index (χ0) is 19.6. The number of nitrogens with zero attached hydrogens (tertiary/aromatic N) is 4. The predicted molar refractivity (Wildman–Crippen MR) is 103 cm³/mol. The molecular weight excluding hydrogens is 400 g/mol. The van der Waals surface area contributed by atoms with Gasteiger partial charge in [0.1, 0.15) is 5.01 Å². The van der Waals surface area contributed by atoms with Crippen LogP contribution in [0.3, 0.4) is 0 Å². The summed E-state index contributed by atoms with van der Waals surface area (Å²) in [6, 6.07) is 11.7. The first-order valence-corrected chi connectivity index (χ1v) is 9.63. The number of imide groups is 1. The van der Waals surface area contributed by atoms with Crippen LogP contribution in [-0.4, -0.2) is 39.7 Å². The molecule has 0 saturated carbocycles. The fraction of sp³-hybridized carbons (Fsp3) is 0.158. The number of halogens is 1. The SMILES string of the molecule is CN1C(=O)N(Cc2nc3ccccc3s2)C(=O)C12C(=O)[N]c1ccc(Cl)cc12. The number of fused-ring (bicyclic) bond motifs is 3. The summed E-state index contributed by atoms with van der Waals surface area (Å²) < 4.78 is 0.962. The number of aromatic nitrogens is 1. The van der Waals surface area contributed by atoms with Crippen LogP contribution < -0.4 is 5.32 Å². The summed E-state index contributed by atoms with van der Waals surface area (Å²) in [7, 11) is 1.43. The van der Waals surface area contributed by atoms with E-state index in [2.05, 4.69) is 10.3 Å². The molecule has 1 unspecified atom stereocenters. The first-order chi connectivity index (χ1) is 13.4. The normalized spacial score (nSPS) is 21.1. The van der Waals surface area contributed by atoms with Gasteiger partial charge in [-0.15, -0.1) is 11.3 Å². The van der Waals surface area contributed by atoms with Crippen LogP contribution in [0.1, 0.15) is 10.6 Å². The summed E-state index contributed by atoms with van der Waals surface area (Å²) in [5.41, 5.74) is -0.316. The van der Waals surface area contributed by atoms with E-state index in [4.69, 9.17) is 11.6 Å². The topological polar surface area (TPSA) is 84.7 Å². The van der Waals surface area contributed by atoms with Crippen molar-refractivity contribution in [1.29, 1.82) is 0 Å². The third-order valence-electron chi connectivity index (χ3n) is 5.09. The molecule has 1 spiro atoms. The van der Waals surface area contributed by atoms with E-state index in [1.807, 2.05) is 24.3 Å². The Labute approximate surface area is 168 Å². The molecule has 1 radical (unpaired) electrons. The first kappa shape index (κ1) is 17.2. The predicted octanol–water partition coefficient (Wildman–Crippen LogP) is 3.02. The Kier molecular flexibility index (Phi) is 3.53. The molecule has 9 heteroatoms. The zero-order valence-corrected chi connectivity index (χ0v) is 16.1. The van der Waals surface area contributed by atoms with Crippen molar-refractivity contribution in [2.75, 3.05) is 7.05 Å². The summed E-state index contributed by atoms with van der Waals surface area (Å²) in [6.07, 6.45) is 0. The molecule has 7 nitrogen and oxygen atoms in total. The maximum absolute atomic E-state index is 13.4. The summed E-state index contributed by atoms with van der Waals surface area (Å²) in [6.45, 7) is -0.00766. The standard InChI is InChI=1S/C19H12ClN4O3S/c1-23-18(27)24(9-15-21-13-4-2-3-5-14(13)28-15)17(26)19(23)11-8-10(20)6-7-12(11)22-16(19)25/h2-8H,9H2,1H3. The lowest BCUT2D eigenvalue weighted by atomic mass is 9.90. The van der Waals surface area contributed by atoms with Gasteiger partial charge in [0.25, 0.3) is 11.8 Å². The smallest absolute Gasteiger partial charge is 0.301 e. The van der Waals surface area contributed by atoms with Gasteiger partial charge in [0.15, 0.2) is 0 Å². The van der Waals surface area contributed by atoms with E-state index >= 15 is 0 Å². The fourth-order valence-electron chi connectivity index (χ4n) is 3.74. The van der Waals surface area contributed by atoms with Gasteiger partial charge in [-0.05, 0) is 30.3 Å². The minimum atomic E-state index is -1.80. The van der Waals surface area contributed by atoms with Crippen LogP contribution in [0.5, 0.6) is 0 Å². The monoisotopic (exact) mass is 411 g/mol. The number of para-hydroxylation sites is 1. The Hall–Kier alpha value is -2.97. The van der Waals surface area contributed by atoms with Crippen molar-refractivity contribution in [2.24, 2.45) is 0 Å². The molecule has 5 rings (SSSR count). The lowest BCUT2D eigenvalue weighted by Gasteiger charge is -2.25. The van der Waals surface area contributed by atoms with Gasteiger partial charge in [0.05, 0.1) is 22.4 Å². The van der Waals surface area contributed by atoms with Crippen LogP contribution in [-0.2, 0) is 21.7 Å². The average Bonchev–Trinajstić information content (AvgIpc) is 3.27. The van der Waals surface area contributed by atoms with Gasteiger partial charge < -0.3 is 4.90 Å². The Morgan fingerprint density at radius 1 is 1.14 bits per heavy atom. The molecule has 1 fully saturated rings. The zero-order valence-electron chi connectivity index (χ0n) is 14.5. The molecular formula is C19H12ClN4O3S. The van der Waals surface area contributed by atoms with Crippen molar-refractivity contribution >= 4 is 56.7 Å². The van der Waals surface area contributed by atoms with Crippen LogP contribution in [0.15, 0.2) is 42.5 Å². The van der Waals surface area contributed by atoms with Crippen LogP contribution in [0.2, 0.25) is 5.02 Å². The van der Waals surface area contributed by atoms with Crippen molar-refractivity contribution in [3.8, 4) is 0 Å². The molecule has 1 saturated heterocycles. The van der Waals surface area contributed by atoms with Crippen molar-refractivity contribution in [3.63, 3.8) is 0 Å². The summed E-state index contributed by atoms with van der Waals surface area (Å²) in [4.78, 5) is 45.8. The quantitative estimate of drug-likeness (QED) is 0.479. The molecule has 2 aliphatic rings. The number of urea groups is 1. The summed E-state index contributed by atoms with van der Waals surface area (Å²) in [5, 5.41) is 4.96. The van der Waals surface area contributed by atoms with E-state index in [0.717, 1.165) is 20.0 Å². The van der Waals surface area contributed by atoms with E-state index in [9.17, 15) is 14.4 Å².